The summed E-state index contributed by atoms with van der Waals surface area (Å²) in [5.74, 6) is 1.29. The summed E-state index contributed by atoms with van der Waals surface area (Å²) >= 11 is 1.45. The number of hydrogen-bond donors (Lipinski definition) is 0. The molecule has 0 atom stereocenters. The summed E-state index contributed by atoms with van der Waals surface area (Å²) in [7, 11) is -1.74. The fraction of sp³-hybridized carbons (Fsp3) is 0.435. The van der Waals surface area contributed by atoms with Crippen LogP contribution in [-0.4, -0.2) is 75.7 Å². The van der Waals surface area contributed by atoms with Crippen molar-refractivity contribution in [3.63, 3.8) is 0 Å². The van der Waals surface area contributed by atoms with Gasteiger partial charge < -0.3 is 14.5 Å². The minimum absolute atomic E-state index is 0.109. The summed E-state index contributed by atoms with van der Waals surface area (Å²) in [4.78, 5) is 18.1. The molecule has 172 valence electrons. The van der Waals surface area contributed by atoms with Crippen molar-refractivity contribution in [1.29, 1.82) is 0 Å². The van der Waals surface area contributed by atoms with Crippen LogP contribution < -0.4 is 9.64 Å². The monoisotopic (exact) mass is 475 g/mol. The Kier molecular flexibility index (Phi) is 7.27. The van der Waals surface area contributed by atoms with E-state index in [0.717, 1.165) is 42.3 Å². The number of methoxy groups -OCH3 is 1. The predicted octanol–water partition coefficient (Wildman–Crippen LogP) is 2.92. The van der Waals surface area contributed by atoms with Crippen LogP contribution in [0.4, 0.5) is 5.69 Å². The van der Waals surface area contributed by atoms with E-state index in [0.29, 0.717) is 36.8 Å². The number of carbonyl (C=O) groups excluding carboxylic acids is 1. The Hall–Kier alpha value is -2.23. The summed E-state index contributed by atoms with van der Waals surface area (Å²) in [5.41, 5.74) is 1.14. The van der Waals surface area contributed by atoms with Crippen molar-refractivity contribution in [1.82, 2.24) is 9.21 Å². The van der Waals surface area contributed by atoms with Gasteiger partial charge in [-0.1, -0.05) is 0 Å². The number of benzene rings is 2. The van der Waals surface area contributed by atoms with Crippen molar-refractivity contribution in [3.05, 3.63) is 48.5 Å². The SMILES string of the molecule is COc1ccc(N2CCN(C(=O)CSc3ccc(S(=O)(=O)N4CCCC4)cc3)CC2)cc1. The van der Waals surface area contributed by atoms with Crippen LogP contribution in [0, 0.1) is 0 Å². The van der Waals surface area contributed by atoms with Gasteiger partial charge in [0.2, 0.25) is 15.9 Å². The van der Waals surface area contributed by atoms with Gasteiger partial charge in [-0.05, 0) is 61.4 Å². The van der Waals surface area contributed by atoms with Crippen LogP contribution in [0.2, 0.25) is 0 Å². The quantitative estimate of drug-likeness (QED) is 0.574. The van der Waals surface area contributed by atoms with Crippen LogP contribution in [0.5, 0.6) is 5.75 Å². The second kappa shape index (κ2) is 10.1. The third-order valence-corrected chi connectivity index (χ3v) is 8.87. The number of amides is 1. The van der Waals surface area contributed by atoms with Gasteiger partial charge in [-0.2, -0.15) is 4.31 Å². The average Bonchev–Trinajstić information content (AvgIpc) is 3.39. The molecule has 2 aromatic carbocycles. The largest absolute Gasteiger partial charge is 0.497 e. The molecule has 0 unspecified atom stereocenters. The number of thioether (sulfide) groups is 1. The summed E-state index contributed by atoms with van der Waals surface area (Å²) in [6.45, 7) is 4.17. The van der Waals surface area contributed by atoms with E-state index in [1.165, 1.54) is 11.8 Å². The standard InChI is InChI=1S/C23H29N3O4S2/c1-30-20-6-4-19(5-7-20)24-14-16-25(17-15-24)23(27)18-31-21-8-10-22(11-9-21)32(28,29)26-12-2-3-13-26/h4-11H,2-3,12-18H2,1H3. The molecular formula is C23H29N3O4S2. The van der Waals surface area contributed by atoms with Gasteiger partial charge >= 0.3 is 0 Å². The molecule has 0 N–H and O–H groups in total. The molecule has 0 bridgehead atoms. The molecule has 4 rings (SSSR count). The molecule has 32 heavy (non-hydrogen) atoms. The number of piperazine rings is 1. The molecule has 2 fully saturated rings. The molecule has 2 saturated heterocycles. The molecule has 7 nitrogen and oxygen atoms in total. The Bertz CT molecular complexity index is 1010. The van der Waals surface area contributed by atoms with E-state index >= 15 is 0 Å². The maximum absolute atomic E-state index is 12.7. The minimum atomic E-state index is -3.40. The number of nitrogens with zero attached hydrogens (tertiary/aromatic N) is 3. The molecule has 2 aromatic rings. The number of sulfonamides is 1. The summed E-state index contributed by atoms with van der Waals surface area (Å²) in [6, 6.07) is 14.9. The Labute approximate surface area is 194 Å². The molecule has 0 radical (unpaired) electrons. The van der Waals surface area contributed by atoms with Gasteiger partial charge in [-0.3, -0.25) is 4.79 Å². The number of ether oxygens (including phenoxy) is 1. The van der Waals surface area contributed by atoms with Gasteiger partial charge in [-0.15, -0.1) is 11.8 Å². The Morgan fingerprint density at radius 1 is 0.906 bits per heavy atom. The first-order valence-corrected chi connectivity index (χ1v) is 13.3. The molecule has 1 amide bonds. The van der Waals surface area contributed by atoms with Crippen molar-refractivity contribution >= 4 is 33.4 Å². The highest BCUT2D eigenvalue weighted by molar-refractivity contribution is 8.00. The number of rotatable bonds is 7. The smallest absolute Gasteiger partial charge is 0.243 e. The van der Waals surface area contributed by atoms with E-state index in [1.807, 2.05) is 29.2 Å². The van der Waals surface area contributed by atoms with Crippen LogP contribution in [-0.2, 0) is 14.8 Å². The molecule has 2 aliphatic heterocycles. The zero-order valence-electron chi connectivity index (χ0n) is 18.3. The second-order valence-electron chi connectivity index (χ2n) is 7.94. The van der Waals surface area contributed by atoms with Crippen LogP contribution in [0.15, 0.2) is 58.3 Å². The maximum atomic E-state index is 12.7. The topological polar surface area (TPSA) is 70.2 Å². The molecule has 0 aliphatic carbocycles. The summed E-state index contributed by atoms with van der Waals surface area (Å²) in [6.07, 6.45) is 1.84. The van der Waals surface area contributed by atoms with Gasteiger partial charge in [0.05, 0.1) is 17.8 Å². The van der Waals surface area contributed by atoms with Crippen LogP contribution in [0.3, 0.4) is 0 Å². The highest BCUT2D eigenvalue weighted by atomic mass is 32.2. The van der Waals surface area contributed by atoms with Crippen molar-refractivity contribution in [2.45, 2.75) is 22.6 Å². The van der Waals surface area contributed by atoms with E-state index in [9.17, 15) is 13.2 Å². The van der Waals surface area contributed by atoms with Crippen LogP contribution in [0.25, 0.3) is 0 Å². The van der Waals surface area contributed by atoms with Gasteiger partial charge in [0.15, 0.2) is 0 Å². The molecule has 0 aromatic heterocycles. The minimum Gasteiger partial charge on any atom is -0.497 e. The summed E-state index contributed by atoms with van der Waals surface area (Å²) in [5, 5.41) is 0. The Morgan fingerprint density at radius 2 is 1.53 bits per heavy atom. The Balaban J connectivity index is 1.26. The molecule has 2 aliphatic rings. The summed E-state index contributed by atoms with van der Waals surface area (Å²) < 4.78 is 32.0. The fourth-order valence-electron chi connectivity index (χ4n) is 4.03. The number of anilines is 1. The second-order valence-corrected chi connectivity index (χ2v) is 10.9. The van der Waals surface area contributed by atoms with E-state index in [4.69, 9.17) is 4.74 Å². The van der Waals surface area contributed by atoms with Crippen LogP contribution in [0.1, 0.15) is 12.8 Å². The molecule has 0 saturated carbocycles. The van der Waals surface area contributed by atoms with Gasteiger partial charge in [0.25, 0.3) is 0 Å². The fourth-order valence-corrected chi connectivity index (χ4v) is 6.35. The lowest BCUT2D eigenvalue weighted by Gasteiger charge is -2.36. The lowest BCUT2D eigenvalue weighted by atomic mass is 10.2. The lowest BCUT2D eigenvalue weighted by Crippen LogP contribution is -2.49. The predicted molar refractivity (Wildman–Crippen MR) is 127 cm³/mol. The highest BCUT2D eigenvalue weighted by Crippen LogP contribution is 2.25. The molecule has 0 spiro atoms. The zero-order valence-corrected chi connectivity index (χ0v) is 19.9. The number of hydrogen-bond acceptors (Lipinski definition) is 6. The normalized spacial score (nSPS) is 17.5. The van der Waals surface area contributed by atoms with Gasteiger partial charge in [0.1, 0.15) is 5.75 Å². The maximum Gasteiger partial charge on any atom is 0.243 e. The van der Waals surface area contributed by atoms with Crippen molar-refractivity contribution in [2.24, 2.45) is 0 Å². The first-order chi connectivity index (χ1) is 15.5. The highest BCUT2D eigenvalue weighted by Gasteiger charge is 2.27. The third-order valence-electron chi connectivity index (χ3n) is 5.96. The zero-order chi connectivity index (χ0) is 22.6. The van der Waals surface area contributed by atoms with Crippen LogP contribution >= 0.6 is 11.8 Å². The van der Waals surface area contributed by atoms with Crippen molar-refractivity contribution < 1.29 is 17.9 Å². The van der Waals surface area contributed by atoms with Crippen molar-refractivity contribution in [2.75, 3.05) is 57.0 Å². The molecule has 9 heteroatoms. The van der Waals surface area contributed by atoms with Gasteiger partial charge in [-0.25, -0.2) is 8.42 Å². The Morgan fingerprint density at radius 3 is 2.12 bits per heavy atom. The van der Waals surface area contributed by atoms with E-state index in [2.05, 4.69) is 4.90 Å². The molecule has 2 heterocycles. The molecular weight excluding hydrogens is 446 g/mol. The third kappa shape index (κ3) is 5.22. The van der Waals surface area contributed by atoms with E-state index in [-0.39, 0.29) is 5.91 Å². The number of carbonyl (C=O) groups is 1. The average molecular weight is 476 g/mol. The first kappa shape index (κ1) is 22.9. The lowest BCUT2D eigenvalue weighted by molar-refractivity contribution is -0.128. The van der Waals surface area contributed by atoms with E-state index in [1.54, 1.807) is 35.7 Å². The van der Waals surface area contributed by atoms with E-state index < -0.39 is 10.0 Å². The van der Waals surface area contributed by atoms with Crippen molar-refractivity contribution in [3.8, 4) is 5.75 Å². The van der Waals surface area contributed by atoms with Gasteiger partial charge in [0, 0.05) is 49.9 Å². The first-order valence-electron chi connectivity index (χ1n) is 10.9.